The van der Waals surface area contributed by atoms with Crippen LogP contribution in [-0.4, -0.2) is 35.1 Å². The number of piperidine rings is 1. The Kier molecular flexibility index (Phi) is 3.92. The first-order chi connectivity index (χ1) is 10.1. The van der Waals surface area contributed by atoms with Gasteiger partial charge in [-0.3, -0.25) is 4.79 Å². The second-order valence-corrected chi connectivity index (χ2v) is 5.42. The number of likely N-dealkylation sites (tertiary alicyclic amines) is 1. The summed E-state index contributed by atoms with van der Waals surface area (Å²) in [5, 5.41) is 0.500. The van der Waals surface area contributed by atoms with E-state index in [9.17, 15) is 9.18 Å². The van der Waals surface area contributed by atoms with E-state index in [0.29, 0.717) is 30.0 Å². The van der Waals surface area contributed by atoms with E-state index in [-0.39, 0.29) is 24.0 Å². The summed E-state index contributed by atoms with van der Waals surface area (Å²) in [6.07, 6.45) is 1.51. The summed E-state index contributed by atoms with van der Waals surface area (Å²) in [5.41, 5.74) is 0.805. The number of carbonyl (C=O) groups excluding carboxylic acids is 1. The lowest BCUT2D eigenvalue weighted by molar-refractivity contribution is 0.0630. The first-order valence-electron chi connectivity index (χ1n) is 6.79. The fraction of sp³-hybridized carbons (Fsp3) is 0.333. The zero-order chi connectivity index (χ0) is 14.8. The van der Waals surface area contributed by atoms with E-state index < -0.39 is 6.17 Å². The molecule has 0 spiro atoms. The summed E-state index contributed by atoms with van der Waals surface area (Å²) in [4.78, 5) is 17.9. The number of amides is 1. The van der Waals surface area contributed by atoms with Crippen LogP contribution in [0.1, 0.15) is 23.3 Å². The molecule has 0 saturated carbocycles. The van der Waals surface area contributed by atoms with Crippen molar-refractivity contribution in [2.45, 2.75) is 19.0 Å². The third-order valence-corrected chi connectivity index (χ3v) is 3.81. The van der Waals surface area contributed by atoms with Gasteiger partial charge in [0, 0.05) is 6.54 Å². The largest absolute Gasteiger partial charge is 0.444 e. The lowest BCUT2D eigenvalue weighted by Crippen LogP contribution is -2.40. The highest BCUT2D eigenvalue weighted by atomic mass is 35.5. The lowest BCUT2D eigenvalue weighted by atomic mass is 10.1. The van der Waals surface area contributed by atoms with Crippen LogP contribution in [-0.2, 0) is 0 Å². The molecule has 21 heavy (non-hydrogen) atoms. The summed E-state index contributed by atoms with van der Waals surface area (Å²) < 4.78 is 18.7. The van der Waals surface area contributed by atoms with Crippen molar-refractivity contribution >= 4 is 17.5 Å². The molecule has 0 bridgehead atoms. The molecular weight excluding hydrogens is 295 g/mol. The summed E-state index contributed by atoms with van der Waals surface area (Å²) in [7, 11) is 0. The van der Waals surface area contributed by atoms with Crippen molar-refractivity contribution in [2.75, 3.05) is 13.1 Å². The quantitative estimate of drug-likeness (QED) is 0.852. The Balaban J connectivity index is 1.82. The van der Waals surface area contributed by atoms with Gasteiger partial charge in [0.25, 0.3) is 5.91 Å². The predicted octanol–water partition coefficient (Wildman–Crippen LogP) is 3.57. The van der Waals surface area contributed by atoms with E-state index in [0.717, 1.165) is 0 Å². The van der Waals surface area contributed by atoms with Gasteiger partial charge in [-0.2, -0.15) is 0 Å². The van der Waals surface area contributed by atoms with Gasteiger partial charge in [-0.1, -0.05) is 23.7 Å². The smallest absolute Gasteiger partial charge is 0.275 e. The molecule has 1 amide bonds. The van der Waals surface area contributed by atoms with Gasteiger partial charge in [0.1, 0.15) is 12.4 Å². The molecule has 0 aliphatic carbocycles. The Labute approximate surface area is 126 Å². The van der Waals surface area contributed by atoms with Gasteiger partial charge in [0.2, 0.25) is 5.89 Å². The van der Waals surface area contributed by atoms with Crippen LogP contribution in [0.2, 0.25) is 5.02 Å². The Bertz CT molecular complexity index is 659. The predicted molar refractivity (Wildman–Crippen MR) is 77.0 cm³/mol. The number of oxazole rings is 1. The van der Waals surface area contributed by atoms with E-state index in [4.69, 9.17) is 16.0 Å². The molecule has 1 unspecified atom stereocenters. The molecule has 0 radical (unpaired) electrons. The maximum atomic E-state index is 13.4. The molecule has 2 aromatic rings. The number of carbonyl (C=O) groups is 1. The number of nitrogens with zero attached hydrogens (tertiary/aromatic N) is 2. The molecule has 6 heteroatoms. The Morgan fingerprint density at radius 1 is 1.43 bits per heavy atom. The van der Waals surface area contributed by atoms with Crippen LogP contribution in [0.25, 0.3) is 11.5 Å². The van der Waals surface area contributed by atoms with Crippen molar-refractivity contribution in [3.05, 3.63) is 41.2 Å². The zero-order valence-corrected chi connectivity index (χ0v) is 12.0. The van der Waals surface area contributed by atoms with Crippen LogP contribution in [0.15, 0.2) is 34.9 Å². The number of hydrogen-bond donors (Lipinski definition) is 0. The number of halogens is 2. The van der Waals surface area contributed by atoms with Gasteiger partial charge in [-0.15, -0.1) is 0 Å². The van der Waals surface area contributed by atoms with E-state index in [1.165, 1.54) is 11.2 Å². The second kappa shape index (κ2) is 5.85. The fourth-order valence-electron chi connectivity index (χ4n) is 2.40. The highest BCUT2D eigenvalue weighted by Crippen LogP contribution is 2.27. The minimum Gasteiger partial charge on any atom is -0.444 e. The van der Waals surface area contributed by atoms with Gasteiger partial charge in [-0.05, 0) is 25.0 Å². The maximum Gasteiger partial charge on any atom is 0.275 e. The van der Waals surface area contributed by atoms with Crippen molar-refractivity contribution < 1.29 is 13.6 Å². The highest BCUT2D eigenvalue weighted by molar-refractivity contribution is 6.33. The molecule has 0 N–H and O–H groups in total. The number of rotatable bonds is 2. The van der Waals surface area contributed by atoms with Gasteiger partial charge in [0.05, 0.1) is 17.1 Å². The number of aromatic nitrogens is 1. The Morgan fingerprint density at radius 2 is 2.24 bits per heavy atom. The van der Waals surface area contributed by atoms with Crippen LogP contribution < -0.4 is 0 Å². The maximum absolute atomic E-state index is 13.4. The van der Waals surface area contributed by atoms with Crippen molar-refractivity contribution in [2.24, 2.45) is 0 Å². The molecule has 2 heterocycles. The van der Waals surface area contributed by atoms with Gasteiger partial charge < -0.3 is 9.32 Å². The monoisotopic (exact) mass is 308 g/mol. The molecule has 1 aliphatic heterocycles. The van der Waals surface area contributed by atoms with Gasteiger partial charge >= 0.3 is 0 Å². The average Bonchev–Trinajstić information content (AvgIpc) is 2.96. The zero-order valence-electron chi connectivity index (χ0n) is 11.3. The van der Waals surface area contributed by atoms with Crippen LogP contribution in [0.3, 0.4) is 0 Å². The number of hydrogen-bond acceptors (Lipinski definition) is 3. The van der Waals surface area contributed by atoms with Crippen molar-refractivity contribution in [1.29, 1.82) is 0 Å². The lowest BCUT2D eigenvalue weighted by Gasteiger charge is -2.28. The van der Waals surface area contributed by atoms with Crippen LogP contribution in [0, 0.1) is 0 Å². The molecule has 1 fully saturated rings. The molecule has 1 aromatic heterocycles. The summed E-state index contributed by atoms with van der Waals surface area (Å²) in [6, 6.07) is 7.10. The molecule has 110 valence electrons. The number of alkyl halides is 1. The van der Waals surface area contributed by atoms with E-state index in [1.807, 2.05) is 6.07 Å². The van der Waals surface area contributed by atoms with E-state index in [1.54, 1.807) is 18.2 Å². The van der Waals surface area contributed by atoms with Crippen molar-refractivity contribution in [3.63, 3.8) is 0 Å². The van der Waals surface area contributed by atoms with E-state index in [2.05, 4.69) is 4.98 Å². The van der Waals surface area contributed by atoms with Crippen LogP contribution in [0.4, 0.5) is 4.39 Å². The van der Waals surface area contributed by atoms with E-state index >= 15 is 0 Å². The minimum absolute atomic E-state index is 0.118. The van der Waals surface area contributed by atoms with Gasteiger partial charge in [-0.25, -0.2) is 9.37 Å². The molecule has 1 atom stereocenters. The summed E-state index contributed by atoms with van der Waals surface area (Å²) in [5.74, 6) is -0.0165. The standard InChI is InChI=1S/C15H14ClFN2O2/c16-12-6-2-1-5-11(12)14-18-13(9-21-14)15(20)19-7-3-4-10(17)8-19/h1-2,5-6,9-10H,3-4,7-8H2. The molecule has 1 aromatic carbocycles. The first-order valence-corrected chi connectivity index (χ1v) is 7.16. The van der Waals surface area contributed by atoms with Crippen LogP contribution in [0.5, 0.6) is 0 Å². The fourth-order valence-corrected chi connectivity index (χ4v) is 2.62. The molecule has 4 nitrogen and oxygen atoms in total. The Morgan fingerprint density at radius 3 is 3.00 bits per heavy atom. The topological polar surface area (TPSA) is 46.3 Å². The third kappa shape index (κ3) is 2.93. The van der Waals surface area contributed by atoms with Crippen molar-refractivity contribution in [3.8, 4) is 11.5 Å². The molecule has 1 saturated heterocycles. The highest BCUT2D eigenvalue weighted by Gasteiger charge is 2.26. The SMILES string of the molecule is O=C(c1coc(-c2ccccc2Cl)n1)N1CCCC(F)C1. The third-order valence-electron chi connectivity index (χ3n) is 3.48. The van der Waals surface area contributed by atoms with Crippen LogP contribution >= 0.6 is 11.6 Å². The van der Waals surface area contributed by atoms with Gasteiger partial charge in [0.15, 0.2) is 5.69 Å². The molecule has 3 rings (SSSR count). The second-order valence-electron chi connectivity index (χ2n) is 5.01. The Hall–Kier alpha value is -1.88. The summed E-state index contributed by atoms with van der Waals surface area (Å²) in [6.45, 7) is 0.667. The van der Waals surface area contributed by atoms with Crippen molar-refractivity contribution in [1.82, 2.24) is 9.88 Å². The average molecular weight is 309 g/mol. The molecular formula is C15H14ClFN2O2. The minimum atomic E-state index is -0.961. The molecule has 1 aliphatic rings. The normalized spacial score (nSPS) is 18.8. The first kappa shape index (κ1) is 14.1. The number of benzene rings is 1. The summed E-state index contributed by atoms with van der Waals surface area (Å²) >= 11 is 6.07.